The van der Waals surface area contributed by atoms with Gasteiger partial charge in [-0.2, -0.15) is 13.2 Å². The molecule has 0 aliphatic rings. The number of aryl methyl sites for hydroxylation is 1. The van der Waals surface area contributed by atoms with Crippen molar-refractivity contribution in [1.82, 2.24) is 4.90 Å². The summed E-state index contributed by atoms with van der Waals surface area (Å²) in [6.07, 6.45) is -4.50. The molecule has 0 aromatic heterocycles. The van der Waals surface area contributed by atoms with Gasteiger partial charge in [0.15, 0.2) is 0 Å². The third-order valence-electron chi connectivity index (χ3n) is 2.60. The monoisotopic (exact) mass is 279 g/mol. The molecule has 0 spiro atoms. The highest BCUT2D eigenvalue weighted by Gasteiger charge is 2.35. The van der Waals surface area contributed by atoms with Gasteiger partial charge >= 0.3 is 12.1 Å². The van der Waals surface area contributed by atoms with E-state index >= 15 is 0 Å². The number of hydrogen-bond acceptors (Lipinski definition) is 2. The molecule has 1 aromatic carbocycles. The lowest BCUT2D eigenvalue weighted by atomic mass is 10.0. The Bertz CT molecular complexity index is 473. The maximum atomic E-state index is 13.1. The molecular formula is C12H13F4NO2. The molecular weight excluding hydrogens is 266 g/mol. The quantitative estimate of drug-likeness (QED) is 0.862. The lowest BCUT2D eigenvalue weighted by Gasteiger charge is -2.26. The molecule has 0 radical (unpaired) electrons. The van der Waals surface area contributed by atoms with Gasteiger partial charge in [-0.1, -0.05) is 12.1 Å². The number of halogens is 4. The van der Waals surface area contributed by atoms with E-state index in [-0.39, 0.29) is 11.1 Å². The number of rotatable bonds is 4. The van der Waals surface area contributed by atoms with Gasteiger partial charge in [0.1, 0.15) is 11.9 Å². The van der Waals surface area contributed by atoms with Crippen molar-refractivity contribution in [2.75, 3.05) is 13.6 Å². The smallest absolute Gasteiger partial charge is 0.401 e. The van der Waals surface area contributed by atoms with Crippen LogP contribution in [0.5, 0.6) is 0 Å². The van der Waals surface area contributed by atoms with Crippen molar-refractivity contribution in [1.29, 1.82) is 0 Å². The molecule has 0 aliphatic heterocycles. The first kappa shape index (κ1) is 15.4. The lowest BCUT2D eigenvalue weighted by molar-refractivity contribution is -0.159. The summed E-state index contributed by atoms with van der Waals surface area (Å²) in [5.41, 5.74) is 0.294. The van der Waals surface area contributed by atoms with E-state index in [0.717, 1.165) is 13.1 Å². The van der Waals surface area contributed by atoms with E-state index in [4.69, 9.17) is 5.11 Å². The number of aliphatic carboxylic acids is 1. The summed E-state index contributed by atoms with van der Waals surface area (Å²) in [6, 6.07) is 1.98. The number of alkyl halides is 3. The minimum Gasteiger partial charge on any atom is -0.480 e. The van der Waals surface area contributed by atoms with E-state index in [2.05, 4.69) is 0 Å². The summed E-state index contributed by atoms with van der Waals surface area (Å²) >= 11 is 0. The maximum Gasteiger partial charge on any atom is 0.401 e. The van der Waals surface area contributed by atoms with Crippen LogP contribution in [0.2, 0.25) is 0 Å². The van der Waals surface area contributed by atoms with Gasteiger partial charge < -0.3 is 5.11 Å². The number of likely N-dealkylation sites (N-methyl/N-ethyl adjacent to an activating group) is 1. The van der Waals surface area contributed by atoms with Gasteiger partial charge in [0, 0.05) is 0 Å². The zero-order chi connectivity index (χ0) is 14.8. The number of carboxylic acid groups (broad SMARTS) is 1. The predicted octanol–water partition coefficient (Wildman–Crippen LogP) is 2.75. The van der Waals surface area contributed by atoms with Crippen molar-refractivity contribution >= 4 is 5.97 Å². The average Bonchev–Trinajstić information content (AvgIpc) is 2.20. The highest BCUT2D eigenvalue weighted by molar-refractivity contribution is 5.75. The van der Waals surface area contributed by atoms with E-state index < -0.39 is 30.5 Å². The van der Waals surface area contributed by atoms with Crippen LogP contribution in [0.25, 0.3) is 0 Å². The molecule has 0 aliphatic carbocycles. The number of hydrogen-bond donors (Lipinski definition) is 1. The Morgan fingerprint density at radius 2 is 2.00 bits per heavy atom. The maximum absolute atomic E-state index is 13.1. The largest absolute Gasteiger partial charge is 0.480 e. The van der Waals surface area contributed by atoms with Crippen LogP contribution in [0.1, 0.15) is 17.2 Å². The second kappa shape index (κ2) is 5.56. The molecule has 0 heterocycles. The standard InChI is InChI=1S/C12H13F4NO2/c1-7-5-8(3-4-9(7)13)10(11(18)19)17(2)6-12(14,15)16/h3-5,10H,6H2,1-2H3,(H,18,19). The number of benzene rings is 1. The zero-order valence-electron chi connectivity index (χ0n) is 10.3. The second-order valence-electron chi connectivity index (χ2n) is 4.28. The van der Waals surface area contributed by atoms with E-state index in [1.165, 1.54) is 19.1 Å². The topological polar surface area (TPSA) is 40.5 Å². The van der Waals surface area contributed by atoms with Gasteiger partial charge in [0.05, 0.1) is 6.54 Å². The van der Waals surface area contributed by atoms with Crippen molar-refractivity contribution in [3.8, 4) is 0 Å². The molecule has 1 N–H and O–H groups in total. The summed E-state index contributed by atoms with van der Waals surface area (Å²) < 4.78 is 50.0. The molecule has 1 rings (SSSR count). The van der Waals surface area contributed by atoms with Crippen LogP contribution in [0, 0.1) is 12.7 Å². The van der Waals surface area contributed by atoms with E-state index in [0.29, 0.717) is 4.90 Å². The van der Waals surface area contributed by atoms with Crippen LogP contribution < -0.4 is 0 Å². The summed E-state index contributed by atoms with van der Waals surface area (Å²) in [7, 11) is 1.06. The Morgan fingerprint density at radius 3 is 2.42 bits per heavy atom. The summed E-state index contributed by atoms with van der Waals surface area (Å²) in [4.78, 5) is 11.8. The fraction of sp³-hybridized carbons (Fsp3) is 0.417. The third kappa shape index (κ3) is 4.20. The second-order valence-corrected chi connectivity index (χ2v) is 4.28. The van der Waals surface area contributed by atoms with E-state index in [9.17, 15) is 22.4 Å². The van der Waals surface area contributed by atoms with Crippen LogP contribution in [0.3, 0.4) is 0 Å². The number of nitrogens with zero attached hydrogens (tertiary/aromatic N) is 1. The molecule has 0 saturated carbocycles. The highest BCUT2D eigenvalue weighted by Crippen LogP contribution is 2.25. The average molecular weight is 279 g/mol. The molecule has 1 unspecified atom stereocenters. The molecule has 0 fully saturated rings. The molecule has 0 amide bonds. The molecule has 3 nitrogen and oxygen atoms in total. The Kier molecular flexibility index (Phi) is 4.52. The summed E-state index contributed by atoms with van der Waals surface area (Å²) in [5.74, 6) is -1.95. The highest BCUT2D eigenvalue weighted by atomic mass is 19.4. The van der Waals surface area contributed by atoms with Crippen molar-refractivity contribution < 1.29 is 27.5 Å². The van der Waals surface area contributed by atoms with Crippen molar-refractivity contribution in [3.63, 3.8) is 0 Å². The van der Waals surface area contributed by atoms with Crippen LogP contribution in [0.15, 0.2) is 18.2 Å². The first-order chi connectivity index (χ1) is 8.61. The van der Waals surface area contributed by atoms with Crippen LogP contribution in [-0.4, -0.2) is 35.7 Å². The van der Waals surface area contributed by atoms with Gasteiger partial charge in [-0.25, -0.2) is 4.39 Å². The van der Waals surface area contributed by atoms with E-state index in [1.54, 1.807) is 0 Å². The van der Waals surface area contributed by atoms with Crippen LogP contribution >= 0.6 is 0 Å². The molecule has 0 bridgehead atoms. The Balaban J connectivity index is 3.07. The van der Waals surface area contributed by atoms with Crippen molar-refractivity contribution in [3.05, 3.63) is 35.1 Å². The van der Waals surface area contributed by atoms with Crippen LogP contribution in [0.4, 0.5) is 17.6 Å². The SMILES string of the molecule is Cc1cc(C(C(=O)O)N(C)CC(F)(F)F)ccc1F. The Hall–Kier alpha value is -1.63. The van der Waals surface area contributed by atoms with Gasteiger partial charge in [0.25, 0.3) is 0 Å². The fourth-order valence-corrected chi connectivity index (χ4v) is 1.80. The molecule has 7 heteroatoms. The lowest BCUT2D eigenvalue weighted by Crippen LogP contribution is -2.37. The Labute approximate surface area is 107 Å². The fourth-order valence-electron chi connectivity index (χ4n) is 1.80. The molecule has 1 aromatic rings. The minimum atomic E-state index is -4.50. The molecule has 1 atom stereocenters. The first-order valence-electron chi connectivity index (χ1n) is 5.37. The predicted molar refractivity (Wildman–Crippen MR) is 60.2 cm³/mol. The Morgan fingerprint density at radius 1 is 1.42 bits per heavy atom. The zero-order valence-corrected chi connectivity index (χ0v) is 10.3. The summed E-state index contributed by atoms with van der Waals surface area (Å²) in [5, 5.41) is 9.05. The number of carbonyl (C=O) groups is 1. The van der Waals surface area contributed by atoms with Gasteiger partial charge in [-0.3, -0.25) is 9.69 Å². The third-order valence-corrected chi connectivity index (χ3v) is 2.60. The van der Waals surface area contributed by atoms with Gasteiger partial charge in [0.2, 0.25) is 0 Å². The molecule has 0 saturated heterocycles. The number of carboxylic acids is 1. The summed E-state index contributed by atoms with van der Waals surface area (Å²) in [6.45, 7) is 0.0574. The molecule has 106 valence electrons. The van der Waals surface area contributed by atoms with Crippen molar-refractivity contribution in [2.45, 2.75) is 19.1 Å². The van der Waals surface area contributed by atoms with Gasteiger partial charge in [-0.05, 0) is 31.2 Å². The first-order valence-corrected chi connectivity index (χ1v) is 5.37. The van der Waals surface area contributed by atoms with E-state index in [1.807, 2.05) is 0 Å². The van der Waals surface area contributed by atoms with Crippen molar-refractivity contribution in [2.24, 2.45) is 0 Å². The minimum absolute atomic E-state index is 0.109. The normalized spacial score (nSPS) is 13.6. The van der Waals surface area contributed by atoms with Gasteiger partial charge in [-0.15, -0.1) is 0 Å². The molecule has 19 heavy (non-hydrogen) atoms. The van der Waals surface area contributed by atoms with Crippen LogP contribution in [-0.2, 0) is 4.79 Å².